The number of hydrogen-bond donors (Lipinski definition) is 3. The molecule has 1 aromatic carbocycles. The Morgan fingerprint density at radius 1 is 1.10 bits per heavy atom. The quantitative estimate of drug-likeness (QED) is 0.604. The number of alkyl halides is 6. The SMILES string of the molecule is O=C(NC(CCO)C1CCOCC1)NC(c1ccccc1C(F)(F)F)C(F)(F)F. The zero-order valence-electron chi connectivity index (χ0n) is 15.3. The van der Waals surface area contributed by atoms with Crippen LogP contribution in [0.4, 0.5) is 31.1 Å². The van der Waals surface area contributed by atoms with Crippen LogP contribution in [0.25, 0.3) is 0 Å². The summed E-state index contributed by atoms with van der Waals surface area (Å²) in [6.45, 7) is 0.530. The van der Waals surface area contributed by atoms with E-state index < -0.39 is 41.6 Å². The van der Waals surface area contributed by atoms with Crippen molar-refractivity contribution in [1.29, 1.82) is 0 Å². The Balaban J connectivity index is 2.21. The van der Waals surface area contributed by atoms with Gasteiger partial charge in [-0.05, 0) is 36.8 Å². The average molecular weight is 428 g/mol. The second-order valence-corrected chi connectivity index (χ2v) is 6.75. The lowest BCUT2D eigenvalue weighted by Crippen LogP contribution is -2.50. The summed E-state index contributed by atoms with van der Waals surface area (Å²) >= 11 is 0. The van der Waals surface area contributed by atoms with Gasteiger partial charge in [-0.1, -0.05) is 18.2 Å². The maximum absolute atomic E-state index is 13.5. The first-order valence-corrected chi connectivity index (χ1v) is 9.02. The summed E-state index contributed by atoms with van der Waals surface area (Å²) in [6, 6.07) is -1.49. The average Bonchev–Trinajstić information content (AvgIpc) is 2.65. The molecule has 0 aliphatic carbocycles. The lowest BCUT2D eigenvalue weighted by atomic mass is 9.90. The first kappa shape index (κ1) is 23.3. The summed E-state index contributed by atoms with van der Waals surface area (Å²) in [6.07, 6.45) is -8.97. The lowest BCUT2D eigenvalue weighted by molar-refractivity contribution is -0.160. The molecule has 1 saturated heterocycles. The number of ether oxygens (including phenoxy) is 1. The molecule has 0 saturated carbocycles. The van der Waals surface area contributed by atoms with Gasteiger partial charge in [0.2, 0.25) is 0 Å². The molecule has 0 radical (unpaired) electrons. The third-order valence-corrected chi connectivity index (χ3v) is 4.77. The fraction of sp³-hybridized carbons (Fsp3) is 0.611. The third-order valence-electron chi connectivity index (χ3n) is 4.77. The number of rotatable bonds is 6. The van der Waals surface area contributed by atoms with Gasteiger partial charge in [-0.15, -0.1) is 0 Å². The predicted octanol–water partition coefficient (Wildman–Crippen LogP) is 3.79. The molecule has 0 aromatic heterocycles. The van der Waals surface area contributed by atoms with Gasteiger partial charge in [0.25, 0.3) is 0 Å². The van der Waals surface area contributed by atoms with Gasteiger partial charge in [-0.25, -0.2) is 4.79 Å². The summed E-state index contributed by atoms with van der Waals surface area (Å²) in [4.78, 5) is 12.2. The normalized spacial score (nSPS) is 18.2. The zero-order valence-corrected chi connectivity index (χ0v) is 15.3. The molecule has 2 unspecified atom stereocenters. The van der Waals surface area contributed by atoms with Gasteiger partial charge in [-0.3, -0.25) is 0 Å². The Morgan fingerprint density at radius 2 is 1.72 bits per heavy atom. The molecule has 1 fully saturated rings. The third kappa shape index (κ3) is 6.49. The Labute approximate surface area is 163 Å². The minimum absolute atomic E-state index is 0.105. The monoisotopic (exact) mass is 428 g/mol. The Hall–Kier alpha value is -2.01. The zero-order chi connectivity index (χ0) is 21.7. The summed E-state index contributed by atoms with van der Waals surface area (Å²) < 4.78 is 85.2. The van der Waals surface area contributed by atoms with Gasteiger partial charge < -0.3 is 20.5 Å². The molecule has 1 aliphatic rings. The van der Waals surface area contributed by atoms with Crippen molar-refractivity contribution < 1.29 is 41.0 Å². The number of benzene rings is 1. The van der Waals surface area contributed by atoms with Gasteiger partial charge in [-0.2, -0.15) is 26.3 Å². The number of aliphatic hydroxyl groups excluding tert-OH is 1. The molecular weight excluding hydrogens is 406 g/mol. The van der Waals surface area contributed by atoms with E-state index in [-0.39, 0.29) is 18.9 Å². The molecule has 29 heavy (non-hydrogen) atoms. The van der Waals surface area contributed by atoms with Gasteiger partial charge in [0, 0.05) is 25.9 Å². The standard InChI is InChI=1S/C18H22F6N2O3/c19-17(20,21)13-4-2-1-3-12(13)15(18(22,23)24)26-16(28)25-14(5-8-27)11-6-9-29-10-7-11/h1-4,11,14-15,27H,5-10H2,(H2,25,26,28). The predicted molar refractivity (Wildman–Crippen MR) is 90.9 cm³/mol. The van der Waals surface area contributed by atoms with Crippen molar-refractivity contribution in [2.24, 2.45) is 5.92 Å². The van der Waals surface area contributed by atoms with Crippen LogP contribution in [0.15, 0.2) is 24.3 Å². The van der Waals surface area contributed by atoms with Crippen LogP contribution in [0, 0.1) is 5.92 Å². The molecule has 5 nitrogen and oxygen atoms in total. The van der Waals surface area contributed by atoms with E-state index in [1.807, 2.05) is 0 Å². The lowest BCUT2D eigenvalue weighted by Gasteiger charge is -2.32. The minimum atomic E-state index is -5.15. The van der Waals surface area contributed by atoms with Gasteiger partial charge in [0.05, 0.1) is 5.56 Å². The summed E-state index contributed by atoms with van der Waals surface area (Å²) in [5.41, 5.74) is -2.56. The maximum Gasteiger partial charge on any atom is 0.416 e. The highest BCUT2D eigenvalue weighted by Crippen LogP contribution is 2.40. The number of urea groups is 1. The van der Waals surface area contributed by atoms with E-state index in [9.17, 15) is 36.2 Å². The van der Waals surface area contributed by atoms with Crippen molar-refractivity contribution in [1.82, 2.24) is 10.6 Å². The number of nitrogens with one attached hydrogen (secondary N) is 2. The van der Waals surface area contributed by atoms with Crippen LogP contribution in [0.5, 0.6) is 0 Å². The molecular formula is C18H22F6N2O3. The molecule has 0 bridgehead atoms. The summed E-state index contributed by atoms with van der Waals surface area (Å²) in [5, 5.41) is 13.2. The molecule has 1 aliphatic heterocycles. The Bertz CT molecular complexity index is 674. The highest BCUT2D eigenvalue weighted by Gasteiger charge is 2.46. The molecule has 11 heteroatoms. The van der Waals surface area contributed by atoms with Gasteiger partial charge in [0.15, 0.2) is 6.04 Å². The second kappa shape index (κ2) is 9.66. The van der Waals surface area contributed by atoms with Crippen LogP contribution < -0.4 is 10.6 Å². The van der Waals surface area contributed by atoms with Crippen LogP contribution >= 0.6 is 0 Å². The van der Waals surface area contributed by atoms with E-state index in [1.54, 1.807) is 5.32 Å². The van der Waals surface area contributed by atoms with E-state index >= 15 is 0 Å². The highest BCUT2D eigenvalue weighted by molar-refractivity contribution is 5.75. The fourth-order valence-electron chi connectivity index (χ4n) is 3.37. The number of aliphatic hydroxyl groups is 1. The second-order valence-electron chi connectivity index (χ2n) is 6.75. The fourth-order valence-corrected chi connectivity index (χ4v) is 3.37. The van der Waals surface area contributed by atoms with E-state index in [1.165, 1.54) is 0 Å². The number of hydrogen-bond acceptors (Lipinski definition) is 3. The first-order chi connectivity index (χ1) is 13.5. The molecule has 1 aromatic rings. The van der Waals surface area contributed by atoms with E-state index in [4.69, 9.17) is 4.74 Å². The smallest absolute Gasteiger partial charge is 0.396 e. The minimum Gasteiger partial charge on any atom is -0.396 e. The van der Waals surface area contributed by atoms with Crippen molar-refractivity contribution in [3.8, 4) is 0 Å². The highest BCUT2D eigenvalue weighted by atomic mass is 19.4. The molecule has 2 rings (SSSR count). The van der Waals surface area contributed by atoms with Crippen molar-refractivity contribution in [2.45, 2.75) is 43.7 Å². The van der Waals surface area contributed by atoms with Crippen LogP contribution in [-0.4, -0.2) is 43.2 Å². The first-order valence-electron chi connectivity index (χ1n) is 9.02. The maximum atomic E-state index is 13.5. The van der Waals surface area contributed by atoms with Crippen molar-refractivity contribution in [3.63, 3.8) is 0 Å². The number of amides is 2. The van der Waals surface area contributed by atoms with Gasteiger partial charge >= 0.3 is 18.4 Å². The van der Waals surface area contributed by atoms with Crippen LogP contribution in [0.3, 0.4) is 0 Å². The summed E-state index contributed by atoms with van der Waals surface area (Å²) in [5.74, 6) is -0.117. The number of carbonyl (C=O) groups excluding carboxylic acids is 1. The Morgan fingerprint density at radius 3 is 2.28 bits per heavy atom. The van der Waals surface area contributed by atoms with E-state index in [2.05, 4.69) is 5.32 Å². The van der Waals surface area contributed by atoms with Crippen molar-refractivity contribution in [2.75, 3.05) is 19.8 Å². The molecule has 2 atom stereocenters. The topological polar surface area (TPSA) is 70.6 Å². The number of carbonyl (C=O) groups is 1. The van der Waals surface area contributed by atoms with Crippen molar-refractivity contribution in [3.05, 3.63) is 35.4 Å². The summed E-state index contributed by atoms with van der Waals surface area (Å²) in [7, 11) is 0. The molecule has 3 N–H and O–H groups in total. The molecule has 1 heterocycles. The van der Waals surface area contributed by atoms with Gasteiger partial charge in [0.1, 0.15) is 0 Å². The van der Waals surface area contributed by atoms with Crippen LogP contribution in [0.1, 0.15) is 36.4 Å². The number of halogens is 6. The molecule has 164 valence electrons. The van der Waals surface area contributed by atoms with Crippen LogP contribution in [-0.2, 0) is 10.9 Å². The molecule has 2 amide bonds. The van der Waals surface area contributed by atoms with E-state index in [0.717, 1.165) is 12.1 Å². The van der Waals surface area contributed by atoms with Crippen molar-refractivity contribution >= 4 is 6.03 Å². The largest absolute Gasteiger partial charge is 0.416 e. The van der Waals surface area contributed by atoms with Crippen LogP contribution in [0.2, 0.25) is 0 Å². The molecule has 0 spiro atoms. The Kier molecular flexibility index (Phi) is 7.75. The van der Waals surface area contributed by atoms with E-state index in [0.29, 0.717) is 38.2 Å².